The first kappa shape index (κ1) is 14.8. The SMILES string of the molecule is Cc1ccc(OCCn2c(C)ccc([N+](=O)[O-])c2=O)cc1. The van der Waals surface area contributed by atoms with Gasteiger partial charge in [0.1, 0.15) is 12.4 Å². The maximum Gasteiger partial charge on any atom is 0.334 e. The third-order valence-electron chi connectivity index (χ3n) is 3.17. The molecule has 0 saturated heterocycles. The van der Waals surface area contributed by atoms with Crippen molar-refractivity contribution in [2.75, 3.05) is 6.61 Å². The molecule has 0 amide bonds. The van der Waals surface area contributed by atoms with Gasteiger partial charge in [-0.15, -0.1) is 0 Å². The molecule has 6 nitrogen and oxygen atoms in total. The lowest BCUT2D eigenvalue weighted by atomic mass is 10.2. The van der Waals surface area contributed by atoms with Crippen molar-refractivity contribution < 1.29 is 9.66 Å². The van der Waals surface area contributed by atoms with Crippen LogP contribution in [0, 0.1) is 24.0 Å². The van der Waals surface area contributed by atoms with Crippen molar-refractivity contribution in [2.45, 2.75) is 20.4 Å². The molecule has 0 radical (unpaired) electrons. The Morgan fingerprint density at radius 1 is 1.14 bits per heavy atom. The topological polar surface area (TPSA) is 74.4 Å². The third-order valence-corrected chi connectivity index (χ3v) is 3.17. The molecule has 0 bridgehead atoms. The zero-order chi connectivity index (χ0) is 15.4. The van der Waals surface area contributed by atoms with Gasteiger partial charge < -0.3 is 9.30 Å². The summed E-state index contributed by atoms with van der Waals surface area (Å²) in [5.41, 5.74) is 0.773. The Hall–Kier alpha value is -2.63. The van der Waals surface area contributed by atoms with Crippen LogP contribution >= 0.6 is 0 Å². The number of rotatable bonds is 5. The largest absolute Gasteiger partial charge is 0.492 e. The molecule has 1 heterocycles. The van der Waals surface area contributed by atoms with E-state index in [1.54, 1.807) is 13.0 Å². The zero-order valence-corrected chi connectivity index (χ0v) is 11.9. The van der Waals surface area contributed by atoms with E-state index < -0.39 is 16.2 Å². The predicted molar refractivity (Wildman–Crippen MR) is 78.8 cm³/mol. The molecule has 0 N–H and O–H groups in total. The van der Waals surface area contributed by atoms with Gasteiger partial charge in [0.2, 0.25) is 0 Å². The van der Waals surface area contributed by atoms with E-state index in [2.05, 4.69) is 0 Å². The molecule has 0 atom stereocenters. The van der Waals surface area contributed by atoms with Gasteiger partial charge in [-0.1, -0.05) is 17.7 Å². The van der Waals surface area contributed by atoms with Gasteiger partial charge >= 0.3 is 11.2 Å². The number of nitro groups is 1. The van der Waals surface area contributed by atoms with Crippen molar-refractivity contribution in [3.05, 3.63) is 68.1 Å². The molecule has 21 heavy (non-hydrogen) atoms. The lowest BCUT2D eigenvalue weighted by Gasteiger charge is -2.11. The van der Waals surface area contributed by atoms with Crippen LogP contribution in [0.15, 0.2) is 41.2 Å². The molecule has 1 aromatic carbocycles. The number of pyridine rings is 1. The Kier molecular flexibility index (Phi) is 4.37. The Morgan fingerprint density at radius 3 is 2.43 bits per heavy atom. The van der Waals surface area contributed by atoms with Crippen LogP contribution in [0.3, 0.4) is 0 Å². The van der Waals surface area contributed by atoms with Crippen LogP contribution in [0.2, 0.25) is 0 Å². The number of aryl methyl sites for hydroxylation is 2. The van der Waals surface area contributed by atoms with Gasteiger partial charge in [0.25, 0.3) is 0 Å². The molecule has 0 fully saturated rings. The normalized spacial score (nSPS) is 10.4. The summed E-state index contributed by atoms with van der Waals surface area (Å²) in [4.78, 5) is 22.1. The fraction of sp³-hybridized carbons (Fsp3) is 0.267. The molecule has 0 aliphatic heterocycles. The minimum atomic E-state index is -0.668. The number of hydrogen-bond donors (Lipinski definition) is 0. The van der Waals surface area contributed by atoms with Crippen LogP contribution in [0.5, 0.6) is 5.75 Å². The Labute approximate surface area is 121 Å². The van der Waals surface area contributed by atoms with Gasteiger partial charge in [0.05, 0.1) is 11.5 Å². The standard InChI is InChI=1S/C15H16N2O4/c1-11-3-6-13(7-4-11)21-10-9-16-12(2)5-8-14(15(16)18)17(19)20/h3-8H,9-10H2,1-2H3. The molecule has 0 spiro atoms. The van der Waals surface area contributed by atoms with Crippen molar-refractivity contribution in [3.63, 3.8) is 0 Å². The second-order valence-corrected chi connectivity index (χ2v) is 4.74. The summed E-state index contributed by atoms with van der Waals surface area (Å²) in [7, 11) is 0. The highest BCUT2D eigenvalue weighted by Crippen LogP contribution is 2.11. The molecular weight excluding hydrogens is 272 g/mol. The summed E-state index contributed by atoms with van der Waals surface area (Å²) in [6.45, 7) is 4.25. The van der Waals surface area contributed by atoms with Gasteiger partial charge in [0.15, 0.2) is 0 Å². The van der Waals surface area contributed by atoms with Crippen molar-refractivity contribution in [2.24, 2.45) is 0 Å². The first-order valence-electron chi connectivity index (χ1n) is 6.53. The van der Waals surface area contributed by atoms with Crippen molar-refractivity contribution in [1.29, 1.82) is 0 Å². The van der Waals surface area contributed by atoms with Gasteiger partial charge in [-0.2, -0.15) is 0 Å². The van der Waals surface area contributed by atoms with E-state index in [1.807, 2.05) is 31.2 Å². The summed E-state index contributed by atoms with van der Waals surface area (Å²) in [6.07, 6.45) is 0. The number of nitrogens with zero attached hydrogens (tertiary/aromatic N) is 2. The minimum absolute atomic E-state index is 0.264. The molecule has 110 valence electrons. The number of benzene rings is 1. The first-order valence-corrected chi connectivity index (χ1v) is 6.53. The van der Waals surface area contributed by atoms with Crippen molar-refractivity contribution in [1.82, 2.24) is 4.57 Å². The maximum absolute atomic E-state index is 12.0. The Bertz CT molecular complexity index is 705. The van der Waals surface area contributed by atoms with Gasteiger partial charge in [-0.25, -0.2) is 0 Å². The lowest BCUT2D eigenvalue weighted by Crippen LogP contribution is -2.26. The number of hydrogen-bond acceptors (Lipinski definition) is 4. The van der Waals surface area contributed by atoms with Crippen LogP contribution in [0.4, 0.5) is 5.69 Å². The molecular formula is C15H16N2O4. The maximum atomic E-state index is 12.0. The summed E-state index contributed by atoms with van der Waals surface area (Å²) in [6, 6.07) is 10.3. The fourth-order valence-corrected chi connectivity index (χ4v) is 1.97. The van der Waals surface area contributed by atoms with Gasteiger partial charge in [0, 0.05) is 11.8 Å². The van der Waals surface area contributed by atoms with Crippen LogP contribution < -0.4 is 10.3 Å². The van der Waals surface area contributed by atoms with Crippen molar-refractivity contribution >= 4 is 5.69 Å². The van der Waals surface area contributed by atoms with E-state index in [1.165, 1.54) is 10.6 Å². The minimum Gasteiger partial charge on any atom is -0.492 e. The molecule has 0 unspecified atom stereocenters. The average molecular weight is 288 g/mol. The zero-order valence-electron chi connectivity index (χ0n) is 11.9. The molecule has 2 rings (SSSR count). The lowest BCUT2D eigenvalue weighted by molar-refractivity contribution is -0.386. The molecule has 0 saturated carbocycles. The average Bonchev–Trinajstić information content (AvgIpc) is 2.44. The summed E-state index contributed by atoms with van der Waals surface area (Å²) in [5, 5.41) is 10.8. The Morgan fingerprint density at radius 2 is 1.81 bits per heavy atom. The number of aromatic nitrogens is 1. The molecule has 0 aliphatic rings. The van der Waals surface area contributed by atoms with E-state index in [0.717, 1.165) is 5.56 Å². The third kappa shape index (κ3) is 3.47. The Balaban J connectivity index is 2.09. The monoisotopic (exact) mass is 288 g/mol. The second kappa shape index (κ2) is 6.21. The van der Waals surface area contributed by atoms with E-state index in [-0.39, 0.29) is 13.2 Å². The summed E-state index contributed by atoms with van der Waals surface area (Å²) in [5.74, 6) is 0.705. The highest BCUT2D eigenvalue weighted by atomic mass is 16.6. The quantitative estimate of drug-likeness (QED) is 0.625. The van der Waals surface area contributed by atoms with Crippen molar-refractivity contribution in [3.8, 4) is 5.75 Å². The van der Waals surface area contributed by atoms with Crippen LogP contribution in [-0.4, -0.2) is 16.1 Å². The highest BCUT2D eigenvalue weighted by molar-refractivity contribution is 5.28. The second-order valence-electron chi connectivity index (χ2n) is 4.74. The van der Waals surface area contributed by atoms with Gasteiger partial charge in [-0.3, -0.25) is 14.9 Å². The molecule has 6 heteroatoms. The van der Waals surface area contributed by atoms with Crippen LogP contribution in [-0.2, 0) is 6.54 Å². The molecule has 2 aromatic rings. The number of ether oxygens (including phenoxy) is 1. The summed E-state index contributed by atoms with van der Waals surface area (Å²) < 4.78 is 6.90. The molecule has 0 aliphatic carbocycles. The van der Waals surface area contributed by atoms with E-state index in [0.29, 0.717) is 11.4 Å². The van der Waals surface area contributed by atoms with Crippen LogP contribution in [0.1, 0.15) is 11.3 Å². The van der Waals surface area contributed by atoms with E-state index in [9.17, 15) is 14.9 Å². The fourth-order valence-electron chi connectivity index (χ4n) is 1.97. The van der Waals surface area contributed by atoms with Crippen LogP contribution in [0.25, 0.3) is 0 Å². The van der Waals surface area contributed by atoms with E-state index in [4.69, 9.17) is 4.74 Å². The highest BCUT2D eigenvalue weighted by Gasteiger charge is 2.15. The van der Waals surface area contributed by atoms with Gasteiger partial charge in [-0.05, 0) is 32.0 Å². The van der Waals surface area contributed by atoms with E-state index >= 15 is 0 Å². The predicted octanol–water partition coefficient (Wildman–Crippen LogP) is 2.45. The first-order chi connectivity index (χ1) is 9.99. The molecule has 1 aromatic heterocycles. The smallest absolute Gasteiger partial charge is 0.334 e. The summed E-state index contributed by atoms with van der Waals surface area (Å²) >= 11 is 0.